The van der Waals surface area contributed by atoms with Crippen molar-refractivity contribution in [2.24, 2.45) is 23.5 Å². The summed E-state index contributed by atoms with van der Waals surface area (Å²) < 4.78 is 0. The van der Waals surface area contributed by atoms with Gasteiger partial charge in [0.15, 0.2) is 0 Å². The first-order valence-corrected chi connectivity index (χ1v) is 7.76. The van der Waals surface area contributed by atoms with Gasteiger partial charge in [0.1, 0.15) is 0 Å². The van der Waals surface area contributed by atoms with E-state index in [0.29, 0.717) is 5.91 Å². The minimum Gasteiger partial charge on any atom is -0.342 e. The predicted molar refractivity (Wildman–Crippen MR) is 72.0 cm³/mol. The van der Waals surface area contributed by atoms with E-state index < -0.39 is 0 Å². The Labute approximate surface area is 110 Å². The maximum atomic E-state index is 12.6. The molecular formula is C15H26N2O. The fourth-order valence-corrected chi connectivity index (χ4v) is 3.19. The molecule has 0 aliphatic heterocycles. The van der Waals surface area contributed by atoms with Crippen LogP contribution in [0.3, 0.4) is 0 Å². The van der Waals surface area contributed by atoms with Crippen molar-refractivity contribution in [3.8, 4) is 0 Å². The standard InChI is InChI=1S/C15H26N2O/c16-14-3-1-2-13(8-14)15(18)17(9-11-4-5-11)10-12-6-7-12/h11-14H,1-10,16H2. The van der Waals surface area contributed by atoms with Crippen LogP contribution in [0.5, 0.6) is 0 Å². The van der Waals surface area contributed by atoms with Crippen LogP contribution in [-0.4, -0.2) is 29.9 Å². The summed E-state index contributed by atoms with van der Waals surface area (Å²) in [6.07, 6.45) is 9.56. The number of nitrogens with two attached hydrogens (primary N) is 1. The Morgan fingerprint density at radius 1 is 1.00 bits per heavy atom. The summed E-state index contributed by atoms with van der Waals surface area (Å²) in [4.78, 5) is 14.8. The van der Waals surface area contributed by atoms with Crippen LogP contribution in [0.1, 0.15) is 51.4 Å². The molecular weight excluding hydrogens is 224 g/mol. The minimum absolute atomic E-state index is 0.228. The van der Waals surface area contributed by atoms with Gasteiger partial charge >= 0.3 is 0 Å². The molecule has 0 aromatic carbocycles. The highest BCUT2D eigenvalue weighted by Gasteiger charge is 2.35. The Balaban J connectivity index is 1.57. The van der Waals surface area contributed by atoms with Crippen molar-refractivity contribution >= 4 is 5.91 Å². The van der Waals surface area contributed by atoms with Gasteiger partial charge in [-0.1, -0.05) is 6.42 Å². The SMILES string of the molecule is NC1CCCC(C(=O)N(CC2CC2)CC2CC2)C1. The highest BCUT2D eigenvalue weighted by molar-refractivity contribution is 5.79. The van der Waals surface area contributed by atoms with E-state index in [2.05, 4.69) is 4.90 Å². The number of carbonyl (C=O) groups excluding carboxylic acids is 1. The molecule has 2 atom stereocenters. The molecule has 18 heavy (non-hydrogen) atoms. The molecule has 2 N–H and O–H groups in total. The van der Waals surface area contributed by atoms with Gasteiger partial charge in [-0.3, -0.25) is 4.79 Å². The lowest BCUT2D eigenvalue weighted by Crippen LogP contribution is -2.42. The molecule has 3 fully saturated rings. The maximum absolute atomic E-state index is 12.6. The van der Waals surface area contributed by atoms with E-state index >= 15 is 0 Å². The van der Waals surface area contributed by atoms with Crippen LogP contribution in [-0.2, 0) is 4.79 Å². The molecule has 0 heterocycles. The zero-order valence-corrected chi connectivity index (χ0v) is 11.3. The third kappa shape index (κ3) is 3.25. The van der Waals surface area contributed by atoms with Crippen LogP contribution in [0.25, 0.3) is 0 Å². The molecule has 3 nitrogen and oxygen atoms in total. The van der Waals surface area contributed by atoms with Crippen molar-refractivity contribution in [2.75, 3.05) is 13.1 Å². The molecule has 0 bridgehead atoms. The first-order valence-electron chi connectivity index (χ1n) is 7.76. The zero-order chi connectivity index (χ0) is 12.5. The van der Waals surface area contributed by atoms with Gasteiger partial charge in [0.05, 0.1) is 0 Å². The maximum Gasteiger partial charge on any atom is 0.225 e. The Bertz CT molecular complexity index is 296. The van der Waals surface area contributed by atoms with E-state index in [0.717, 1.165) is 50.6 Å². The van der Waals surface area contributed by atoms with Gasteiger partial charge in [-0.2, -0.15) is 0 Å². The first-order chi connectivity index (χ1) is 8.72. The Kier molecular flexibility index (Phi) is 3.60. The molecule has 0 aromatic rings. The van der Waals surface area contributed by atoms with Crippen LogP contribution in [0.2, 0.25) is 0 Å². The molecule has 0 radical (unpaired) electrons. The Morgan fingerprint density at radius 2 is 1.61 bits per heavy atom. The number of amides is 1. The van der Waals surface area contributed by atoms with Crippen LogP contribution in [0.15, 0.2) is 0 Å². The number of hydrogen-bond acceptors (Lipinski definition) is 2. The number of rotatable bonds is 5. The zero-order valence-electron chi connectivity index (χ0n) is 11.3. The second-order valence-electron chi connectivity index (χ2n) is 6.75. The summed E-state index contributed by atoms with van der Waals surface area (Å²) >= 11 is 0. The molecule has 3 heteroatoms. The fraction of sp³-hybridized carbons (Fsp3) is 0.933. The molecule has 0 aromatic heterocycles. The van der Waals surface area contributed by atoms with Crippen molar-refractivity contribution in [3.05, 3.63) is 0 Å². The highest BCUT2D eigenvalue weighted by atomic mass is 16.2. The molecule has 3 saturated carbocycles. The lowest BCUT2D eigenvalue weighted by atomic mass is 9.85. The molecule has 3 aliphatic rings. The van der Waals surface area contributed by atoms with Gasteiger partial charge in [0.25, 0.3) is 0 Å². The van der Waals surface area contributed by atoms with E-state index in [4.69, 9.17) is 5.73 Å². The quantitative estimate of drug-likeness (QED) is 0.812. The Hall–Kier alpha value is -0.570. The molecule has 0 saturated heterocycles. The van der Waals surface area contributed by atoms with Gasteiger partial charge < -0.3 is 10.6 Å². The van der Waals surface area contributed by atoms with Gasteiger partial charge in [0.2, 0.25) is 5.91 Å². The second kappa shape index (κ2) is 5.20. The molecule has 1 amide bonds. The summed E-state index contributed by atoms with van der Waals surface area (Å²) in [5.74, 6) is 2.27. The molecule has 3 aliphatic carbocycles. The van der Waals surface area contributed by atoms with Crippen molar-refractivity contribution in [1.82, 2.24) is 4.90 Å². The van der Waals surface area contributed by atoms with Crippen LogP contribution in [0.4, 0.5) is 0 Å². The van der Waals surface area contributed by atoms with E-state index in [1.807, 2.05) is 0 Å². The van der Waals surface area contributed by atoms with Crippen molar-refractivity contribution < 1.29 is 4.79 Å². The lowest BCUT2D eigenvalue weighted by Gasteiger charge is -2.31. The van der Waals surface area contributed by atoms with Gasteiger partial charge in [-0.25, -0.2) is 0 Å². The fourth-order valence-electron chi connectivity index (χ4n) is 3.19. The van der Waals surface area contributed by atoms with E-state index in [1.54, 1.807) is 0 Å². The van der Waals surface area contributed by atoms with Crippen molar-refractivity contribution in [3.63, 3.8) is 0 Å². The first kappa shape index (κ1) is 12.5. The van der Waals surface area contributed by atoms with Crippen LogP contribution < -0.4 is 5.73 Å². The summed E-state index contributed by atoms with van der Waals surface area (Å²) in [6.45, 7) is 2.06. The number of carbonyl (C=O) groups is 1. The molecule has 102 valence electrons. The average molecular weight is 250 g/mol. The monoisotopic (exact) mass is 250 g/mol. The summed E-state index contributed by atoms with van der Waals surface area (Å²) in [6, 6.07) is 0.261. The normalized spacial score (nSPS) is 32.3. The van der Waals surface area contributed by atoms with Crippen molar-refractivity contribution in [1.29, 1.82) is 0 Å². The highest BCUT2D eigenvalue weighted by Crippen LogP contribution is 2.35. The van der Waals surface area contributed by atoms with E-state index in [-0.39, 0.29) is 12.0 Å². The van der Waals surface area contributed by atoms with E-state index in [9.17, 15) is 4.79 Å². The average Bonchev–Trinajstić information content (AvgIpc) is 3.22. The number of hydrogen-bond donors (Lipinski definition) is 1. The number of nitrogens with zero attached hydrogens (tertiary/aromatic N) is 1. The smallest absolute Gasteiger partial charge is 0.225 e. The summed E-state index contributed by atoms with van der Waals surface area (Å²) in [5, 5.41) is 0. The predicted octanol–water partition coefficient (Wildman–Crippen LogP) is 2.15. The largest absolute Gasteiger partial charge is 0.342 e. The topological polar surface area (TPSA) is 46.3 Å². The van der Waals surface area contributed by atoms with Crippen LogP contribution in [0, 0.1) is 17.8 Å². The third-order valence-corrected chi connectivity index (χ3v) is 4.73. The van der Waals surface area contributed by atoms with E-state index in [1.165, 1.54) is 25.7 Å². The molecule has 0 spiro atoms. The van der Waals surface area contributed by atoms with Crippen LogP contribution >= 0.6 is 0 Å². The molecule has 2 unspecified atom stereocenters. The molecule has 3 rings (SSSR count). The van der Waals surface area contributed by atoms with Gasteiger partial charge in [-0.05, 0) is 56.8 Å². The van der Waals surface area contributed by atoms with Crippen molar-refractivity contribution in [2.45, 2.75) is 57.4 Å². The minimum atomic E-state index is 0.228. The Morgan fingerprint density at radius 3 is 2.11 bits per heavy atom. The van der Waals surface area contributed by atoms with Gasteiger partial charge in [0, 0.05) is 25.0 Å². The van der Waals surface area contributed by atoms with Gasteiger partial charge in [-0.15, -0.1) is 0 Å². The summed E-state index contributed by atoms with van der Waals surface area (Å²) in [7, 11) is 0. The lowest BCUT2D eigenvalue weighted by molar-refractivity contribution is -0.137. The summed E-state index contributed by atoms with van der Waals surface area (Å²) in [5.41, 5.74) is 6.02. The third-order valence-electron chi connectivity index (χ3n) is 4.73. The second-order valence-corrected chi connectivity index (χ2v) is 6.75.